The number of ether oxygens (including phenoxy) is 2. The molecule has 1 aromatic heterocycles. The molecule has 2 aromatic carbocycles. The third kappa shape index (κ3) is 5.28. The van der Waals surface area contributed by atoms with Crippen molar-refractivity contribution in [2.24, 2.45) is 5.92 Å². The normalized spacial score (nSPS) is 14.2. The van der Waals surface area contributed by atoms with E-state index in [4.69, 9.17) is 13.7 Å². The Morgan fingerprint density at radius 1 is 1.08 bits per heavy atom. The first-order valence-corrected chi connectivity index (χ1v) is 13.0. The lowest BCUT2D eigenvalue weighted by atomic mass is 9.97. The zero-order chi connectivity index (χ0) is 25.8. The summed E-state index contributed by atoms with van der Waals surface area (Å²) in [6.07, 6.45) is -0.466. The average Bonchev–Trinajstić information content (AvgIpc) is 3.50. The third-order valence-corrected chi connectivity index (χ3v) is 7.86. The molecule has 0 unspecified atom stereocenters. The van der Waals surface area contributed by atoms with Crippen molar-refractivity contribution < 1.29 is 23.2 Å². The SMILES string of the molecule is COC(=O)c1csc([C@@H](C[C@H](C(C)C)N(C)C(=O)OCC2c3ccccc3-c3ccccc32)OS)n1. The van der Waals surface area contributed by atoms with Crippen molar-refractivity contribution >= 4 is 36.3 Å². The van der Waals surface area contributed by atoms with Crippen LogP contribution < -0.4 is 0 Å². The molecule has 1 aliphatic rings. The van der Waals surface area contributed by atoms with Gasteiger partial charge in [0.05, 0.1) is 7.11 Å². The van der Waals surface area contributed by atoms with Crippen LogP contribution >= 0.6 is 24.2 Å². The van der Waals surface area contributed by atoms with Gasteiger partial charge in [0.2, 0.25) is 0 Å². The van der Waals surface area contributed by atoms with Gasteiger partial charge in [0.25, 0.3) is 0 Å². The third-order valence-electron chi connectivity index (χ3n) is 6.67. The van der Waals surface area contributed by atoms with E-state index >= 15 is 0 Å². The van der Waals surface area contributed by atoms with Crippen LogP contribution in [0.5, 0.6) is 0 Å². The van der Waals surface area contributed by atoms with E-state index in [1.807, 2.05) is 38.1 Å². The second-order valence-electron chi connectivity index (χ2n) is 9.12. The molecule has 36 heavy (non-hydrogen) atoms. The van der Waals surface area contributed by atoms with E-state index in [0.717, 1.165) is 0 Å². The summed E-state index contributed by atoms with van der Waals surface area (Å²) in [5.74, 6) is -0.402. The van der Waals surface area contributed by atoms with E-state index in [2.05, 4.69) is 42.2 Å². The van der Waals surface area contributed by atoms with Crippen LogP contribution in [0.2, 0.25) is 0 Å². The topological polar surface area (TPSA) is 78.0 Å². The predicted molar refractivity (Wildman–Crippen MR) is 142 cm³/mol. The molecule has 1 amide bonds. The maximum atomic E-state index is 13.2. The fourth-order valence-electron chi connectivity index (χ4n) is 4.75. The maximum Gasteiger partial charge on any atom is 0.409 e. The number of benzene rings is 2. The Kier molecular flexibility index (Phi) is 8.33. The van der Waals surface area contributed by atoms with Gasteiger partial charge in [0.15, 0.2) is 5.69 Å². The summed E-state index contributed by atoms with van der Waals surface area (Å²) in [5, 5.41) is 2.22. The smallest absolute Gasteiger partial charge is 0.409 e. The number of nitrogens with zero attached hydrogens (tertiary/aromatic N) is 2. The van der Waals surface area contributed by atoms with E-state index < -0.39 is 18.2 Å². The monoisotopic (exact) mass is 526 g/mol. The molecule has 0 spiro atoms. The largest absolute Gasteiger partial charge is 0.464 e. The van der Waals surface area contributed by atoms with Gasteiger partial charge < -0.3 is 18.6 Å². The lowest BCUT2D eigenvalue weighted by molar-refractivity contribution is 0.0594. The highest BCUT2D eigenvalue weighted by molar-refractivity contribution is 7.75. The maximum absolute atomic E-state index is 13.2. The van der Waals surface area contributed by atoms with Crippen molar-refractivity contribution in [2.45, 2.75) is 38.3 Å². The number of hydrogen-bond acceptors (Lipinski definition) is 8. The predicted octanol–water partition coefficient (Wildman–Crippen LogP) is 6.13. The van der Waals surface area contributed by atoms with Crippen LogP contribution in [0.1, 0.15) is 58.9 Å². The molecule has 0 saturated carbocycles. The van der Waals surface area contributed by atoms with Gasteiger partial charge in [-0.3, -0.25) is 0 Å². The number of thiol groups is 1. The Bertz CT molecular complexity index is 1180. The second-order valence-corrected chi connectivity index (χ2v) is 10.2. The molecule has 190 valence electrons. The molecule has 2 atom stereocenters. The summed E-state index contributed by atoms with van der Waals surface area (Å²) < 4.78 is 16.0. The van der Waals surface area contributed by atoms with Crippen molar-refractivity contribution in [2.75, 3.05) is 20.8 Å². The number of fused-ring (bicyclic) bond motifs is 3. The molecule has 0 aliphatic heterocycles. The molecule has 7 nitrogen and oxygen atoms in total. The van der Waals surface area contributed by atoms with Crippen molar-refractivity contribution in [3.63, 3.8) is 0 Å². The lowest BCUT2D eigenvalue weighted by Gasteiger charge is -2.32. The Morgan fingerprint density at radius 2 is 1.69 bits per heavy atom. The van der Waals surface area contributed by atoms with Crippen LogP contribution in [0, 0.1) is 5.92 Å². The van der Waals surface area contributed by atoms with Crippen LogP contribution in [-0.2, 0) is 13.7 Å². The Balaban J connectivity index is 1.45. The van der Waals surface area contributed by atoms with Crippen molar-refractivity contribution in [3.8, 4) is 11.1 Å². The van der Waals surface area contributed by atoms with Gasteiger partial charge in [-0.2, -0.15) is 0 Å². The summed E-state index contributed by atoms with van der Waals surface area (Å²) in [6, 6.07) is 16.3. The summed E-state index contributed by atoms with van der Waals surface area (Å²) in [4.78, 5) is 30.9. The molecular formula is C27H30N2O5S2. The molecular weight excluding hydrogens is 496 g/mol. The van der Waals surface area contributed by atoms with Crippen molar-refractivity contribution in [1.82, 2.24) is 9.88 Å². The molecule has 0 radical (unpaired) electrons. The van der Waals surface area contributed by atoms with Crippen LogP contribution in [0.3, 0.4) is 0 Å². The fraction of sp³-hybridized carbons (Fsp3) is 0.370. The highest BCUT2D eigenvalue weighted by atomic mass is 32.1. The quantitative estimate of drug-likeness (QED) is 0.205. The van der Waals surface area contributed by atoms with Gasteiger partial charge in [-0.05, 0) is 41.1 Å². The number of rotatable bonds is 9. The van der Waals surface area contributed by atoms with Gasteiger partial charge in [0.1, 0.15) is 17.7 Å². The highest BCUT2D eigenvalue weighted by Gasteiger charge is 2.32. The Labute approximate surface area is 221 Å². The minimum absolute atomic E-state index is 0.00663. The van der Waals surface area contributed by atoms with E-state index in [9.17, 15) is 9.59 Å². The van der Waals surface area contributed by atoms with Crippen LogP contribution in [0.25, 0.3) is 11.1 Å². The van der Waals surface area contributed by atoms with E-state index in [1.165, 1.54) is 40.7 Å². The number of carbonyl (C=O) groups excluding carboxylic acids is 2. The Hall–Kier alpha value is -2.88. The molecule has 1 heterocycles. The van der Waals surface area contributed by atoms with Crippen molar-refractivity contribution in [3.05, 3.63) is 75.7 Å². The minimum atomic E-state index is -0.508. The molecule has 4 rings (SSSR count). The standard InChI is InChI=1S/C27H30N2O5S2/c1-16(2)23(13-24(34-35)25-28-22(15-36-25)26(30)32-4)29(3)27(31)33-14-21-19-11-7-5-9-17(19)18-10-6-8-12-20(18)21/h5-12,15-16,21,23-24,35H,13-14H2,1-4H3/t23-,24-/m1/s1. The van der Waals surface area contributed by atoms with E-state index in [0.29, 0.717) is 11.4 Å². The molecule has 0 saturated heterocycles. The zero-order valence-electron chi connectivity index (χ0n) is 20.7. The first-order valence-electron chi connectivity index (χ1n) is 11.8. The summed E-state index contributed by atoms with van der Waals surface area (Å²) >= 11 is 5.34. The van der Waals surface area contributed by atoms with E-state index in [1.54, 1.807) is 17.3 Å². The minimum Gasteiger partial charge on any atom is -0.464 e. The summed E-state index contributed by atoms with van der Waals surface area (Å²) in [5.41, 5.74) is 4.93. The van der Waals surface area contributed by atoms with Gasteiger partial charge in [-0.1, -0.05) is 62.4 Å². The zero-order valence-corrected chi connectivity index (χ0v) is 22.4. The second kappa shape index (κ2) is 11.5. The highest BCUT2D eigenvalue weighted by Crippen LogP contribution is 2.44. The number of thiazole rings is 1. The Morgan fingerprint density at radius 3 is 2.25 bits per heavy atom. The summed E-state index contributed by atoms with van der Waals surface area (Å²) in [7, 11) is 3.05. The van der Waals surface area contributed by atoms with Crippen LogP contribution in [-0.4, -0.2) is 48.8 Å². The first kappa shape index (κ1) is 26.2. The first-order chi connectivity index (χ1) is 17.3. The molecule has 0 N–H and O–H groups in total. The van der Waals surface area contributed by atoms with Gasteiger partial charge in [-0.25, -0.2) is 14.6 Å². The molecule has 1 aliphatic carbocycles. The summed E-state index contributed by atoms with van der Waals surface area (Å²) in [6.45, 7) is 4.33. The van der Waals surface area contributed by atoms with Crippen LogP contribution in [0.4, 0.5) is 4.79 Å². The number of esters is 1. The number of hydrogen-bond donors (Lipinski definition) is 1. The van der Waals surface area contributed by atoms with E-state index in [-0.39, 0.29) is 30.2 Å². The fourth-order valence-corrected chi connectivity index (χ4v) is 5.84. The molecule has 0 bridgehead atoms. The molecule has 9 heteroatoms. The van der Waals surface area contributed by atoms with Gasteiger partial charge >= 0.3 is 12.1 Å². The lowest BCUT2D eigenvalue weighted by Crippen LogP contribution is -2.42. The average molecular weight is 527 g/mol. The molecule has 0 fully saturated rings. The molecule has 3 aromatic rings. The number of methoxy groups -OCH3 is 1. The van der Waals surface area contributed by atoms with Gasteiger partial charge in [-0.15, -0.1) is 11.3 Å². The van der Waals surface area contributed by atoms with Crippen LogP contribution in [0.15, 0.2) is 53.9 Å². The van der Waals surface area contributed by atoms with Gasteiger partial charge in [0, 0.05) is 30.8 Å². The number of amides is 1. The number of aromatic nitrogens is 1. The number of carbonyl (C=O) groups is 2. The van der Waals surface area contributed by atoms with Crippen molar-refractivity contribution in [1.29, 1.82) is 0 Å².